The Balaban J connectivity index is 2.06. The molecule has 1 unspecified atom stereocenters. The van der Waals surface area contributed by atoms with Crippen molar-refractivity contribution in [2.45, 2.75) is 25.3 Å². The van der Waals surface area contributed by atoms with Crippen molar-refractivity contribution >= 4 is 0 Å². The first-order valence-corrected chi connectivity index (χ1v) is 6.54. The highest BCUT2D eigenvalue weighted by molar-refractivity contribution is 5.59. The van der Waals surface area contributed by atoms with Gasteiger partial charge in [0.05, 0.1) is 23.8 Å². The Morgan fingerprint density at radius 1 is 1.33 bits per heavy atom. The van der Waals surface area contributed by atoms with Gasteiger partial charge in [-0.05, 0) is 31.2 Å². The molecule has 1 aliphatic carbocycles. The van der Waals surface area contributed by atoms with Gasteiger partial charge in [0.2, 0.25) is 0 Å². The summed E-state index contributed by atoms with van der Waals surface area (Å²) in [5, 5.41) is 0. The van der Waals surface area contributed by atoms with Gasteiger partial charge in [-0.3, -0.25) is 0 Å². The summed E-state index contributed by atoms with van der Waals surface area (Å²) in [7, 11) is 0. The maximum atomic E-state index is 6.04. The topological polar surface area (TPSA) is 43.8 Å². The van der Waals surface area contributed by atoms with Gasteiger partial charge in [-0.2, -0.15) is 0 Å². The summed E-state index contributed by atoms with van der Waals surface area (Å²) in [5.41, 5.74) is 8.41. The normalized spacial score (nSPS) is 18.6. The van der Waals surface area contributed by atoms with E-state index in [1.807, 2.05) is 18.6 Å². The summed E-state index contributed by atoms with van der Waals surface area (Å²) >= 11 is 0. The minimum absolute atomic E-state index is 0.00166. The number of aromatic nitrogens is 2. The first-order chi connectivity index (χ1) is 8.75. The smallest absolute Gasteiger partial charge is 0.0956 e. The highest BCUT2D eigenvalue weighted by Crippen LogP contribution is 2.45. The Bertz CT molecular complexity index is 528. The molecule has 0 radical (unpaired) electrons. The molecule has 1 aromatic carbocycles. The van der Waals surface area contributed by atoms with Crippen LogP contribution in [0.2, 0.25) is 0 Å². The van der Waals surface area contributed by atoms with E-state index < -0.39 is 0 Å². The largest absolute Gasteiger partial charge is 0.328 e. The maximum Gasteiger partial charge on any atom is 0.0956 e. The Kier molecular flexibility index (Phi) is 2.71. The van der Waals surface area contributed by atoms with E-state index in [-0.39, 0.29) is 5.54 Å². The lowest BCUT2D eigenvalue weighted by molar-refractivity contribution is 0.284. The lowest BCUT2D eigenvalue weighted by atomic mass is 9.94. The van der Waals surface area contributed by atoms with Crippen molar-refractivity contribution in [1.82, 2.24) is 9.55 Å². The van der Waals surface area contributed by atoms with Gasteiger partial charge in [-0.1, -0.05) is 30.3 Å². The summed E-state index contributed by atoms with van der Waals surface area (Å²) in [6.07, 6.45) is 6.42. The number of nitrogens with zero attached hydrogens (tertiary/aromatic N) is 2. The quantitative estimate of drug-likeness (QED) is 0.894. The lowest BCUT2D eigenvalue weighted by Gasteiger charge is -2.31. The molecule has 1 heterocycles. The standard InChI is InChI=1S/C15H19N3/c1-15(10-16,13-7-8-13)18-11-17-9-14(18)12-5-3-2-4-6-12/h2-6,9,11,13H,7-8,10,16H2,1H3. The predicted molar refractivity (Wildman–Crippen MR) is 73.1 cm³/mol. The van der Waals surface area contributed by atoms with Crippen LogP contribution in [0.3, 0.4) is 0 Å². The zero-order chi connectivity index (χ0) is 12.6. The van der Waals surface area contributed by atoms with Gasteiger partial charge in [0.15, 0.2) is 0 Å². The number of imidazole rings is 1. The van der Waals surface area contributed by atoms with Crippen LogP contribution in [0.4, 0.5) is 0 Å². The molecule has 3 nitrogen and oxygen atoms in total. The molecule has 0 aliphatic heterocycles. The van der Waals surface area contributed by atoms with Crippen molar-refractivity contribution in [2.75, 3.05) is 6.54 Å². The molecule has 1 atom stereocenters. The predicted octanol–water partition coefficient (Wildman–Crippen LogP) is 2.63. The molecule has 1 saturated carbocycles. The summed E-state index contributed by atoms with van der Waals surface area (Å²) in [5.74, 6) is 0.694. The van der Waals surface area contributed by atoms with Crippen molar-refractivity contribution in [3.8, 4) is 11.3 Å². The highest BCUT2D eigenvalue weighted by Gasteiger charge is 2.42. The van der Waals surface area contributed by atoms with Crippen molar-refractivity contribution in [1.29, 1.82) is 0 Å². The molecule has 1 aromatic heterocycles. The first kappa shape index (κ1) is 11.5. The molecular weight excluding hydrogens is 222 g/mol. The molecule has 3 rings (SSSR count). The Labute approximate surface area is 108 Å². The van der Waals surface area contributed by atoms with Gasteiger partial charge >= 0.3 is 0 Å². The van der Waals surface area contributed by atoms with Crippen LogP contribution in [0, 0.1) is 5.92 Å². The zero-order valence-electron chi connectivity index (χ0n) is 10.7. The van der Waals surface area contributed by atoms with E-state index >= 15 is 0 Å². The van der Waals surface area contributed by atoms with Crippen LogP contribution in [0.5, 0.6) is 0 Å². The van der Waals surface area contributed by atoms with E-state index in [0.717, 1.165) is 5.69 Å². The van der Waals surface area contributed by atoms with Crippen molar-refractivity contribution < 1.29 is 0 Å². The Morgan fingerprint density at radius 2 is 2.06 bits per heavy atom. The van der Waals surface area contributed by atoms with E-state index in [4.69, 9.17) is 5.73 Å². The van der Waals surface area contributed by atoms with E-state index in [1.54, 1.807) is 0 Å². The summed E-state index contributed by atoms with van der Waals surface area (Å²) < 4.78 is 2.26. The molecule has 0 bridgehead atoms. The second kappa shape index (κ2) is 4.25. The number of benzene rings is 1. The third kappa shape index (κ3) is 1.75. The van der Waals surface area contributed by atoms with Gasteiger partial charge in [0, 0.05) is 6.54 Å². The fourth-order valence-corrected chi connectivity index (χ4v) is 2.69. The molecule has 2 N–H and O–H groups in total. The van der Waals surface area contributed by atoms with Gasteiger partial charge < -0.3 is 10.3 Å². The fourth-order valence-electron chi connectivity index (χ4n) is 2.69. The third-order valence-electron chi connectivity index (χ3n) is 4.13. The van der Waals surface area contributed by atoms with Crippen molar-refractivity contribution in [3.63, 3.8) is 0 Å². The van der Waals surface area contributed by atoms with Crippen LogP contribution in [-0.4, -0.2) is 16.1 Å². The fraction of sp³-hybridized carbons (Fsp3) is 0.400. The SMILES string of the molecule is CC(CN)(C1CC1)n1cncc1-c1ccccc1. The second-order valence-corrected chi connectivity index (χ2v) is 5.35. The van der Waals surface area contributed by atoms with E-state index in [2.05, 4.69) is 40.7 Å². The number of rotatable bonds is 4. The molecular formula is C15H19N3. The lowest BCUT2D eigenvalue weighted by Crippen LogP contribution is -2.40. The zero-order valence-corrected chi connectivity index (χ0v) is 10.7. The van der Waals surface area contributed by atoms with E-state index in [0.29, 0.717) is 12.5 Å². The Morgan fingerprint density at radius 3 is 2.67 bits per heavy atom. The van der Waals surface area contributed by atoms with E-state index in [1.165, 1.54) is 18.4 Å². The molecule has 0 spiro atoms. The van der Waals surface area contributed by atoms with Crippen molar-refractivity contribution in [3.05, 3.63) is 42.9 Å². The average molecular weight is 241 g/mol. The highest BCUT2D eigenvalue weighted by atomic mass is 15.1. The summed E-state index contributed by atoms with van der Waals surface area (Å²) in [6, 6.07) is 10.4. The molecule has 94 valence electrons. The molecule has 2 aromatic rings. The van der Waals surface area contributed by atoms with Crippen LogP contribution in [0.25, 0.3) is 11.3 Å². The molecule has 0 amide bonds. The number of hydrogen-bond acceptors (Lipinski definition) is 2. The molecule has 0 saturated heterocycles. The van der Waals surface area contributed by atoms with Gasteiger partial charge in [-0.15, -0.1) is 0 Å². The van der Waals surface area contributed by atoms with Gasteiger partial charge in [-0.25, -0.2) is 4.98 Å². The van der Waals surface area contributed by atoms with Gasteiger partial charge in [0.25, 0.3) is 0 Å². The van der Waals surface area contributed by atoms with E-state index in [9.17, 15) is 0 Å². The summed E-state index contributed by atoms with van der Waals surface area (Å²) in [6.45, 7) is 2.91. The molecule has 1 aliphatic rings. The molecule has 3 heteroatoms. The Hall–Kier alpha value is -1.61. The van der Waals surface area contributed by atoms with Crippen LogP contribution >= 0.6 is 0 Å². The first-order valence-electron chi connectivity index (χ1n) is 6.54. The second-order valence-electron chi connectivity index (χ2n) is 5.35. The number of nitrogens with two attached hydrogens (primary N) is 1. The molecule has 18 heavy (non-hydrogen) atoms. The van der Waals surface area contributed by atoms with Crippen LogP contribution < -0.4 is 5.73 Å². The minimum atomic E-state index is 0.00166. The average Bonchev–Trinajstić information content (AvgIpc) is 3.16. The van der Waals surface area contributed by atoms with Crippen LogP contribution in [-0.2, 0) is 5.54 Å². The number of hydrogen-bond donors (Lipinski definition) is 1. The maximum absolute atomic E-state index is 6.04. The summed E-state index contributed by atoms with van der Waals surface area (Å²) in [4.78, 5) is 4.33. The monoisotopic (exact) mass is 241 g/mol. The third-order valence-corrected chi connectivity index (χ3v) is 4.13. The van der Waals surface area contributed by atoms with Crippen LogP contribution in [0.1, 0.15) is 19.8 Å². The van der Waals surface area contributed by atoms with Crippen LogP contribution in [0.15, 0.2) is 42.9 Å². The van der Waals surface area contributed by atoms with Gasteiger partial charge in [0.1, 0.15) is 0 Å². The minimum Gasteiger partial charge on any atom is -0.328 e. The van der Waals surface area contributed by atoms with Crippen molar-refractivity contribution in [2.24, 2.45) is 11.7 Å². The molecule has 1 fully saturated rings.